The highest BCUT2D eigenvalue weighted by atomic mass is 16.5. The first kappa shape index (κ1) is 18.5. The largest absolute Gasteiger partial charge is 0.489 e. The quantitative estimate of drug-likeness (QED) is 0.469. The average Bonchev–Trinajstić information content (AvgIpc) is 2.64. The number of ether oxygens (including phenoxy) is 3. The average molecular weight is 356 g/mol. The van der Waals surface area contributed by atoms with Crippen LogP contribution in [0.4, 0.5) is 0 Å². The number of hydrogen-bond donors (Lipinski definition) is 1. The number of aliphatic hydroxyl groups is 1. The number of aryl methyl sites for hydroxylation is 2. The van der Waals surface area contributed by atoms with E-state index in [1.165, 1.54) is 0 Å². The molecule has 26 heavy (non-hydrogen) atoms. The van der Waals surface area contributed by atoms with Crippen LogP contribution in [0, 0.1) is 13.8 Å². The maximum absolute atomic E-state index is 8.61. The number of rotatable bonds is 9. The molecule has 6 nitrogen and oxygen atoms in total. The molecule has 0 bridgehead atoms. The molecular weight excluding hydrogens is 332 g/mol. The van der Waals surface area contributed by atoms with Crippen molar-refractivity contribution in [3.8, 4) is 5.75 Å². The highest BCUT2D eigenvalue weighted by Crippen LogP contribution is 2.27. The van der Waals surface area contributed by atoms with Gasteiger partial charge in [-0.3, -0.25) is 4.98 Å². The lowest BCUT2D eigenvalue weighted by Crippen LogP contribution is -2.12. The first-order valence-corrected chi connectivity index (χ1v) is 8.76. The zero-order valence-electron chi connectivity index (χ0n) is 15.2. The van der Waals surface area contributed by atoms with Crippen molar-refractivity contribution >= 4 is 21.8 Å². The molecule has 1 N–H and O–H groups in total. The van der Waals surface area contributed by atoms with Gasteiger partial charge in [-0.25, -0.2) is 4.98 Å². The van der Waals surface area contributed by atoms with Gasteiger partial charge in [0.2, 0.25) is 0 Å². The fraction of sp³-hybridized carbons (Fsp3) is 0.400. The van der Waals surface area contributed by atoms with E-state index in [4.69, 9.17) is 24.3 Å². The van der Waals surface area contributed by atoms with Gasteiger partial charge in [0.05, 0.1) is 49.8 Å². The van der Waals surface area contributed by atoms with Gasteiger partial charge in [0.25, 0.3) is 0 Å². The van der Waals surface area contributed by atoms with E-state index in [1.807, 2.05) is 32.0 Å². The molecule has 0 saturated carbocycles. The molecule has 0 unspecified atom stereocenters. The Morgan fingerprint density at radius 2 is 1.46 bits per heavy atom. The maximum atomic E-state index is 8.61. The maximum Gasteiger partial charge on any atom is 0.141 e. The molecule has 138 valence electrons. The fourth-order valence-electron chi connectivity index (χ4n) is 2.73. The van der Waals surface area contributed by atoms with Gasteiger partial charge >= 0.3 is 0 Å². The van der Waals surface area contributed by atoms with Crippen LogP contribution in [0.5, 0.6) is 5.75 Å². The summed E-state index contributed by atoms with van der Waals surface area (Å²) >= 11 is 0. The second-order valence-electron chi connectivity index (χ2n) is 6.03. The standard InChI is InChI=1S/C20H24N2O4/c1-14-3-4-16-5-6-17-13-18(15(2)22-20(17)19(16)21-14)26-12-11-25-10-9-24-8-7-23/h3-6,13,23H,7-12H2,1-2H3. The summed E-state index contributed by atoms with van der Waals surface area (Å²) in [6, 6.07) is 10.2. The molecule has 0 saturated heterocycles. The number of hydrogen-bond acceptors (Lipinski definition) is 6. The van der Waals surface area contributed by atoms with E-state index in [2.05, 4.69) is 17.1 Å². The molecular formula is C20H24N2O4. The van der Waals surface area contributed by atoms with Crippen molar-refractivity contribution in [2.45, 2.75) is 13.8 Å². The van der Waals surface area contributed by atoms with Crippen molar-refractivity contribution in [2.75, 3.05) is 39.6 Å². The van der Waals surface area contributed by atoms with Crippen molar-refractivity contribution in [3.05, 3.63) is 41.7 Å². The Bertz CT molecular complexity index is 882. The van der Waals surface area contributed by atoms with E-state index in [0.717, 1.165) is 38.9 Å². The molecule has 0 fully saturated rings. The first-order valence-electron chi connectivity index (χ1n) is 8.76. The molecule has 1 aromatic carbocycles. The van der Waals surface area contributed by atoms with Gasteiger partial charge in [0, 0.05) is 16.5 Å². The van der Waals surface area contributed by atoms with Crippen molar-refractivity contribution < 1.29 is 19.3 Å². The molecule has 0 aliphatic rings. The van der Waals surface area contributed by atoms with Crippen molar-refractivity contribution in [3.63, 3.8) is 0 Å². The summed E-state index contributed by atoms with van der Waals surface area (Å²) in [4.78, 5) is 9.36. The molecule has 6 heteroatoms. The van der Waals surface area contributed by atoms with Crippen LogP contribution in [0.1, 0.15) is 11.4 Å². The van der Waals surface area contributed by atoms with Gasteiger partial charge in [-0.1, -0.05) is 18.2 Å². The smallest absolute Gasteiger partial charge is 0.141 e. The number of aromatic nitrogens is 2. The Kier molecular flexibility index (Phi) is 6.33. The minimum Gasteiger partial charge on any atom is -0.489 e. The lowest BCUT2D eigenvalue weighted by Gasteiger charge is -2.11. The van der Waals surface area contributed by atoms with E-state index in [-0.39, 0.29) is 6.61 Å². The Balaban J connectivity index is 1.65. The van der Waals surface area contributed by atoms with E-state index in [1.54, 1.807) is 0 Å². The Morgan fingerprint density at radius 1 is 0.808 bits per heavy atom. The summed E-state index contributed by atoms with van der Waals surface area (Å²) in [6.07, 6.45) is 0. The molecule has 0 atom stereocenters. The van der Waals surface area contributed by atoms with Crippen molar-refractivity contribution in [1.82, 2.24) is 9.97 Å². The zero-order valence-corrected chi connectivity index (χ0v) is 15.2. The molecule has 0 aliphatic carbocycles. The molecule has 0 radical (unpaired) electrons. The second kappa shape index (κ2) is 8.89. The predicted octanol–water partition coefficient (Wildman–Crippen LogP) is 2.80. The summed E-state index contributed by atoms with van der Waals surface area (Å²) in [5, 5.41) is 10.7. The van der Waals surface area contributed by atoms with Crippen LogP contribution in [0.3, 0.4) is 0 Å². The molecule has 0 amide bonds. The molecule has 3 rings (SSSR count). The molecule has 3 aromatic rings. The summed E-state index contributed by atoms with van der Waals surface area (Å²) in [7, 11) is 0. The third kappa shape index (κ3) is 4.46. The second-order valence-corrected chi connectivity index (χ2v) is 6.03. The van der Waals surface area contributed by atoms with Gasteiger partial charge in [0.15, 0.2) is 0 Å². The summed E-state index contributed by atoms with van der Waals surface area (Å²) < 4.78 is 16.4. The topological polar surface area (TPSA) is 73.7 Å². The molecule has 0 spiro atoms. The van der Waals surface area contributed by atoms with E-state index in [9.17, 15) is 0 Å². The van der Waals surface area contributed by atoms with Gasteiger partial charge in [-0.15, -0.1) is 0 Å². The summed E-state index contributed by atoms with van der Waals surface area (Å²) in [5.41, 5.74) is 3.63. The minimum atomic E-state index is 0.0295. The van der Waals surface area contributed by atoms with Crippen LogP contribution in [-0.2, 0) is 9.47 Å². The molecule has 0 aliphatic heterocycles. The van der Waals surface area contributed by atoms with Crippen molar-refractivity contribution in [2.24, 2.45) is 0 Å². The SMILES string of the molecule is Cc1ccc2ccc3cc(OCCOCCOCCO)c(C)nc3c2n1. The van der Waals surface area contributed by atoms with Crippen LogP contribution < -0.4 is 4.74 Å². The third-order valence-corrected chi connectivity index (χ3v) is 4.02. The lowest BCUT2D eigenvalue weighted by atomic mass is 10.1. The van der Waals surface area contributed by atoms with Crippen LogP contribution in [-0.4, -0.2) is 54.7 Å². The van der Waals surface area contributed by atoms with Crippen molar-refractivity contribution in [1.29, 1.82) is 0 Å². The van der Waals surface area contributed by atoms with Gasteiger partial charge < -0.3 is 19.3 Å². The Labute approximate surface area is 152 Å². The Hall–Kier alpha value is -2.28. The normalized spacial score (nSPS) is 11.3. The van der Waals surface area contributed by atoms with E-state index in [0.29, 0.717) is 33.0 Å². The predicted molar refractivity (Wildman–Crippen MR) is 101 cm³/mol. The third-order valence-electron chi connectivity index (χ3n) is 4.02. The van der Waals surface area contributed by atoms with E-state index >= 15 is 0 Å². The monoisotopic (exact) mass is 356 g/mol. The minimum absolute atomic E-state index is 0.0295. The zero-order chi connectivity index (χ0) is 18.4. The fourth-order valence-corrected chi connectivity index (χ4v) is 2.73. The number of nitrogens with zero attached hydrogens (tertiary/aromatic N) is 2. The van der Waals surface area contributed by atoms with Crippen LogP contribution >= 0.6 is 0 Å². The molecule has 2 heterocycles. The number of fused-ring (bicyclic) bond motifs is 3. The lowest BCUT2D eigenvalue weighted by molar-refractivity contribution is 0.0246. The van der Waals surface area contributed by atoms with Gasteiger partial charge in [-0.2, -0.15) is 0 Å². The number of aliphatic hydroxyl groups excluding tert-OH is 1. The van der Waals surface area contributed by atoms with Crippen LogP contribution in [0.2, 0.25) is 0 Å². The first-order chi connectivity index (χ1) is 12.7. The van der Waals surface area contributed by atoms with Crippen LogP contribution in [0.15, 0.2) is 30.3 Å². The number of pyridine rings is 2. The molecule has 2 aromatic heterocycles. The highest BCUT2D eigenvalue weighted by molar-refractivity contribution is 6.03. The number of benzene rings is 1. The van der Waals surface area contributed by atoms with Gasteiger partial charge in [0.1, 0.15) is 12.4 Å². The summed E-state index contributed by atoms with van der Waals surface area (Å²) in [6.45, 7) is 6.15. The summed E-state index contributed by atoms with van der Waals surface area (Å²) in [5.74, 6) is 0.754. The highest BCUT2D eigenvalue weighted by Gasteiger charge is 2.09. The van der Waals surface area contributed by atoms with E-state index < -0.39 is 0 Å². The van der Waals surface area contributed by atoms with Gasteiger partial charge in [-0.05, 0) is 26.0 Å². The van der Waals surface area contributed by atoms with Crippen LogP contribution in [0.25, 0.3) is 21.8 Å². The Morgan fingerprint density at radius 3 is 2.27 bits per heavy atom.